The van der Waals surface area contributed by atoms with Crippen LogP contribution < -0.4 is 10.6 Å². The Balaban J connectivity index is 2.00. The number of thiazole rings is 1. The highest BCUT2D eigenvalue weighted by Crippen LogP contribution is 2.22. The maximum Gasteiger partial charge on any atom is 0.257 e. The molecule has 2 N–H and O–H groups in total. The van der Waals surface area contributed by atoms with E-state index in [0.29, 0.717) is 28.7 Å². The van der Waals surface area contributed by atoms with Crippen LogP contribution in [0.1, 0.15) is 35.8 Å². The molecule has 0 aliphatic rings. The number of carbonyl (C=O) groups excluding carboxylic acids is 3. The van der Waals surface area contributed by atoms with E-state index in [1.165, 1.54) is 18.3 Å². The van der Waals surface area contributed by atoms with Gasteiger partial charge in [0.25, 0.3) is 5.91 Å². The molecular formula is C17H19N3O4S. The second-order valence-corrected chi connectivity index (χ2v) is 6.05. The Bertz CT molecular complexity index is 743. The lowest BCUT2D eigenvalue weighted by Crippen LogP contribution is -2.13. The van der Waals surface area contributed by atoms with E-state index >= 15 is 0 Å². The standard InChI is InChI=1S/C17H19N3O4S/c1-3-24-9-13(8-21)15-10-25-17(19-15)20-16(23)12-4-6-14(7-5-12)18-11(2)22/h4-8,10,13H,3,9H2,1-2H3,(H,18,22)(H,19,20,23). The van der Waals surface area contributed by atoms with Crippen molar-refractivity contribution in [3.05, 3.63) is 40.9 Å². The number of nitrogens with one attached hydrogen (secondary N) is 2. The molecule has 0 fully saturated rings. The van der Waals surface area contributed by atoms with Crippen LogP contribution in [0.3, 0.4) is 0 Å². The Kier molecular flexibility index (Phi) is 6.79. The van der Waals surface area contributed by atoms with Gasteiger partial charge in [-0.05, 0) is 31.2 Å². The third-order valence-electron chi connectivity index (χ3n) is 3.26. The van der Waals surface area contributed by atoms with Crippen molar-refractivity contribution in [1.82, 2.24) is 4.98 Å². The number of hydrogen-bond acceptors (Lipinski definition) is 6. The fourth-order valence-corrected chi connectivity index (χ4v) is 2.80. The Labute approximate surface area is 149 Å². The SMILES string of the molecule is CCOCC(C=O)c1csc(NC(=O)c2ccc(NC(C)=O)cc2)n1. The summed E-state index contributed by atoms with van der Waals surface area (Å²) < 4.78 is 5.26. The van der Waals surface area contributed by atoms with Gasteiger partial charge in [-0.25, -0.2) is 4.98 Å². The molecule has 132 valence electrons. The average molecular weight is 361 g/mol. The molecular weight excluding hydrogens is 342 g/mol. The normalized spacial score (nSPS) is 11.6. The number of aldehydes is 1. The van der Waals surface area contributed by atoms with E-state index in [9.17, 15) is 14.4 Å². The number of carbonyl (C=O) groups is 3. The Morgan fingerprint density at radius 2 is 2.00 bits per heavy atom. The number of amides is 2. The number of nitrogens with zero attached hydrogens (tertiary/aromatic N) is 1. The van der Waals surface area contributed by atoms with Crippen molar-refractivity contribution in [2.24, 2.45) is 0 Å². The van der Waals surface area contributed by atoms with Gasteiger partial charge >= 0.3 is 0 Å². The highest BCUT2D eigenvalue weighted by molar-refractivity contribution is 7.14. The Morgan fingerprint density at radius 3 is 2.60 bits per heavy atom. The first kappa shape index (κ1) is 18.8. The molecule has 0 saturated heterocycles. The van der Waals surface area contributed by atoms with Crippen molar-refractivity contribution < 1.29 is 19.1 Å². The van der Waals surface area contributed by atoms with Crippen LogP contribution in [0, 0.1) is 0 Å². The Hall–Kier alpha value is -2.58. The van der Waals surface area contributed by atoms with Gasteiger partial charge in [-0.2, -0.15) is 0 Å². The molecule has 7 nitrogen and oxygen atoms in total. The zero-order chi connectivity index (χ0) is 18.2. The first-order valence-electron chi connectivity index (χ1n) is 7.71. The number of anilines is 2. The van der Waals surface area contributed by atoms with E-state index in [1.54, 1.807) is 29.6 Å². The average Bonchev–Trinajstić information content (AvgIpc) is 3.04. The van der Waals surface area contributed by atoms with Crippen LogP contribution in [0.15, 0.2) is 29.6 Å². The van der Waals surface area contributed by atoms with Crippen molar-refractivity contribution >= 4 is 40.3 Å². The van der Waals surface area contributed by atoms with Gasteiger partial charge in [-0.1, -0.05) is 0 Å². The molecule has 0 aliphatic heterocycles. The van der Waals surface area contributed by atoms with Gasteiger partial charge in [0.2, 0.25) is 5.91 Å². The smallest absolute Gasteiger partial charge is 0.257 e. The summed E-state index contributed by atoms with van der Waals surface area (Å²) in [6.45, 7) is 4.05. The molecule has 0 spiro atoms. The van der Waals surface area contributed by atoms with Crippen LogP contribution in [-0.4, -0.2) is 36.3 Å². The third-order valence-corrected chi connectivity index (χ3v) is 4.03. The summed E-state index contributed by atoms with van der Waals surface area (Å²) in [4.78, 5) is 38.6. The predicted molar refractivity (Wildman–Crippen MR) is 96.1 cm³/mol. The van der Waals surface area contributed by atoms with Gasteiger partial charge in [0.05, 0.1) is 18.2 Å². The topological polar surface area (TPSA) is 97.4 Å². The van der Waals surface area contributed by atoms with Gasteiger partial charge in [-0.15, -0.1) is 11.3 Å². The van der Waals surface area contributed by atoms with E-state index in [1.807, 2.05) is 6.92 Å². The molecule has 1 atom stereocenters. The molecule has 0 saturated carbocycles. The molecule has 1 heterocycles. The molecule has 2 amide bonds. The summed E-state index contributed by atoms with van der Waals surface area (Å²) in [7, 11) is 0. The fraction of sp³-hybridized carbons (Fsp3) is 0.294. The van der Waals surface area contributed by atoms with E-state index < -0.39 is 5.92 Å². The lowest BCUT2D eigenvalue weighted by Gasteiger charge is -2.07. The lowest BCUT2D eigenvalue weighted by molar-refractivity contribution is -0.114. The predicted octanol–water partition coefficient (Wildman–Crippen LogP) is 2.67. The number of ether oxygens (including phenoxy) is 1. The van der Waals surface area contributed by atoms with Crippen molar-refractivity contribution in [1.29, 1.82) is 0 Å². The molecule has 0 bridgehead atoms. The van der Waals surface area contributed by atoms with Crippen LogP contribution in [-0.2, 0) is 14.3 Å². The first-order chi connectivity index (χ1) is 12.0. The highest BCUT2D eigenvalue weighted by atomic mass is 32.1. The summed E-state index contributed by atoms with van der Waals surface area (Å²) in [5.74, 6) is -0.939. The molecule has 25 heavy (non-hydrogen) atoms. The number of aromatic nitrogens is 1. The molecule has 2 rings (SSSR count). The number of hydrogen-bond donors (Lipinski definition) is 2. The van der Waals surface area contributed by atoms with Gasteiger partial charge in [0, 0.05) is 30.2 Å². The maximum absolute atomic E-state index is 12.2. The summed E-state index contributed by atoms with van der Waals surface area (Å²) >= 11 is 1.25. The molecule has 2 aromatic rings. The second-order valence-electron chi connectivity index (χ2n) is 5.19. The van der Waals surface area contributed by atoms with Gasteiger partial charge in [0.1, 0.15) is 6.29 Å². The third kappa shape index (κ3) is 5.47. The van der Waals surface area contributed by atoms with Crippen molar-refractivity contribution in [2.45, 2.75) is 19.8 Å². The zero-order valence-corrected chi connectivity index (χ0v) is 14.8. The summed E-state index contributed by atoms with van der Waals surface area (Å²) in [6, 6.07) is 6.51. The van der Waals surface area contributed by atoms with Gasteiger partial charge < -0.3 is 14.8 Å². The largest absolute Gasteiger partial charge is 0.381 e. The minimum absolute atomic E-state index is 0.177. The minimum Gasteiger partial charge on any atom is -0.381 e. The van der Waals surface area contributed by atoms with Crippen molar-refractivity contribution in [3.8, 4) is 0 Å². The monoisotopic (exact) mass is 361 g/mol. The Morgan fingerprint density at radius 1 is 1.28 bits per heavy atom. The molecule has 1 unspecified atom stereocenters. The molecule has 0 radical (unpaired) electrons. The maximum atomic E-state index is 12.2. The number of rotatable bonds is 8. The van der Waals surface area contributed by atoms with E-state index in [2.05, 4.69) is 15.6 Å². The fourth-order valence-electron chi connectivity index (χ4n) is 2.03. The molecule has 1 aromatic heterocycles. The molecule has 0 aliphatic carbocycles. The second kappa shape index (κ2) is 9.05. The van der Waals surface area contributed by atoms with E-state index in [-0.39, 0.29) is 18.4 Å². The van der Waals surface area contributed by atoms with Crippen LogP contribution in [0.5, 0.6) is 0 Å². The van der Waals surface area contributed by atoms with Crippen molar-refractivity contribution in [3.63, 3.8) is 0 Å². The van der Waals surface area contributed by atoms with E-state index in [4.69, 9.17) is 4.74 Å². The van der Waals surface area contributed by atoms with Crippen LogP contribution >= 0.6 is 11.3 Å². The lowest BCUT2D eigenvalue weighted by atomic mass is 10.1. The molecule has 8 heteroatoms. The van der Waals surface area contributed by atoms with Crippen LogP contribution in [0.2, 0.25) is 0 Å². The van der Waals surface area contributed by atoms with Crippen LogP contribution in [0.25, 0.3) is 0 Å². The summed E-state index contributed by atoms with van der Waals surface area (Å²) in [5.41, 5.74) is 1.63. The molecule has 1 aromatic carbocycles. The van der Waals surface area contributed by atoms with Gasteiger partial charge in [-0.3, -0.25) is 14.9 Å². The summed E-state index contributed by atoms with van der Waals surface area (Å²) in [5, 5.41) is 7.47. The highest BCUT2D eigenvalue weighted by Gasteiger charge is 2.16. The number of benzene rings is 1. The van der Waals surface area contributed by atoms with Gasteiger partial charge in [0.15, 0.2) is 5.13 Å². The zero-order valence-electron chi connectivity index (χ0n) is 13.9. The van der Waals surface area contributed by atoms with E-state index in [0.717, 1.165) is 6.29 Å². The summed E-state index contributed by atoms with van der Waals surface area (Å²) in [6.07, 6.45) is 0.789. The van der Waals surface area contributed by atoms with Crippen LogP contribution in [0.4, 0.5) is 10.8 Å². The minimum atomic E-state index is -0.446. The van der Waals surface area contributed by atoms with Crippen molar-refractivity contribution in [2.75, 3.05) is 23.8 Å². The quantitative estimate of drug-likeness (QED) is 0.705. The first-order valence-corrected chi connectivity index (χ1v) is 8.59.